The highest BCUT2D eigenvalue weighted by atomic mass is 32.2. The van der Waals surface area contributed by atoms with E-state index in [2.05, 4.69) is 5.10 Å². The van der Waals surface area contributed by atoms with Crippen LogP contribution in [0.2, 0.25) is 0 Å². The molecule has 1 aliphatic carbocycles. The lowest BCUT2D eigenvalue weighted by Crippen LogP contribution is -2.42. The number of hydrogen-bond acceptors (Lipinski definition) is 3. The number of nitrogens with zero attached hydrogens (tertiary/aromatic N) is 2. The summed E-state index contributed by atoms with van der Waals surface area (Å²) in [6, 6.07) is 5.75. The molecular weight excluding hydrogens is 274 g/mol. The molecule has 1 heterocycles. The predicted octanol–water partition coefficient (Wildman–Crippen LogP) is 2.02. The van der Waals surface area contributed by atoms with Crippen LogP contribution in [0.25, 0.3) is 10.9 Å². The molecule has 0 unspecified atom stereocenters. The Morgan fingerprint density at radius 3 is 2.60 bits per heavy atom. The monoisotopic (exact) mass is 293 g/mol. The Hall–Kier alpha value is -1.40. The molecule has 0 amide bonds. The maximum Gasteiger partial charge on any atom is 0.219 e. The van der Waals surface area contributed by atoms with E-state index in [4.69, 9.17) is 5.14 Å². The van der Waals surface area contributed by atoms with Crippen molar-refractivity contribution < 1.29 is 8.42 Å². The van der Waals surface area contributed by atoms with E-state index in [1.165, 1.54) is 0 Å². The third kappa shape index (κ3) is 1.94. The first-order valence-corrected chi connectivity index (χ1v) is 8.43. The second-order valence-corrected chi connectivity index (χ2v) is 7.51. The van der Waals surface area contributed by atoms with Crippen molar-refractivity contribution in [3.8, 4) is 0 Å². The molecule has 2 aromatic rings. The Morgan fingerprint density at radius 1 is 1.25 bits per heavy atom. The summed E-state index contributed by atoms with van der Waals surface area (Å²) < 4.78 is 25.3. The van der Waals surface area contributed by atoms with Crippen LogP contribution in [0.1, 0.15) is 37.7 Å². The van der Waals surface area contributed by atoms with E-state index in [-0.39, 0.29) is 0 Å². The van der Waals surface area contributed by atoms with Gasteiger partial charge >= 0.3 is 0 Å². The SMILES string of the molecule is Cn1ncc2ccc(C3(S(N)(=O)=O)CCCCC3)cc21. The first-order valence-electron chi connectivity index (χ1n) is 6.89. The standard InChI is InChI=1S/C14H19N3O2S/c1-17-13-9-12(6-5-11(13)10-16-17)14(20(15,18)19)7-3-2-4-8-14/h5-6,9-10H,2-4,7-8H2,1H3,(H2,15,18,19). The molecule has 20 heavy (non-hydrogen) atoms. The van der Waals surface area contributed by atoms with E-state index in [9.17, 15) is 8.42 Å². The summed E-state index contributed by atoms with van der Waals surface area (Å²) in [5.74, 6) is 0. The lowest BCUT2D eigenvalue weighted by atomic mass is 9.83. The number of rotatable bonds is 2. The first-order chi connectivity index (χ1) is 9.44. The van der Waals surface area contributed by atoms with Crippen molar-refractivity contribution in [1.29, 1.82) is 0 Å². The summed E-state index contributed by atoms with van der Waals surface area (Å²) in [4.78, 5) is 0. The van der Waals surface area contributed by atoms with Crippen LogP contribution in [0, 0.1) is 0 Å². The van der Waals surface area contributed by atoms with Crippen LogP contribution >= 0.6 is 0 Å². The zero-order valence-corrected chi connectivity index (χ0v) is 12.4. The fourth-order valence-corrected chi connectivity index (χ4v) is 4.60. The smallest absolute Gasteiger partial charge is 0.219 e. The summed E-state index contributed by atoms with van der Waals surface area (Å²) in [7, 11) is -1.78. The number of benzene rings is 1. The van der Waals surface area contributed by atoms with Crippen molar-refractivity contribution in [2.45, 2.75) is 36.9 Å². The number of fused-ring (bicyclic) bond motifs is 1. The van der Waals surface area contributed by atoms with Gasteiger partial charge in [-0.25, -0.2) is 13.6 Å². The minimum Gasteiger partial charge on any atom is -0.268 e. The van der Waals surface area contributed by atoms with Gasteiger partial charge in [-0.3, -0.25) is 4.68 Å². The molecule has 1 aromatic heterocycles. The van der Waals surface area contributed by atoms with Gasteiger partial charge in [0.1, 0.15) is 4.75 Å². The van der Waals surface area contributed by atoms with Crippen LogP contribution in [-0.4, -0.2) is 18.2 Å². The summed E-state index contributed by atoms with van der Waals surface area (Å²) in [5, 5.41) is 10.8. The second kappa shape index (κ2) is 4.56. The van der Waals surface area contributed by atoms with E-state index in [1.54, 1.807) is 10.9 Å². The van der Waals surface area contributed by atoms with Crippen LogP contribution in [0.3, 0.4) is 0 Å². The highest BCUT2D eigenvalue weighted by Gasteiger charge is 2.44. The van der Waals surface area contributed by atoms with E-state index < -0.39 is 14.8 Å². The van der Waals surface area contributed by atoms with Crippen LogP contribution in [0.4, 0.5) is 0 Å². The minimum absolute atomic E-state index is 0.606. The molecule has 108 valence electrons. The maximum absolute atomic E-state index is 12.2. The van der Waals surface area contributed by atoms with E-state index in [1.807, 2.05) is 25.2 Å². The number of aromatic nitrogens is 2. The number of hydrogen-bond donors (Lipinski definition) is 1. The molecule has 0 aliphatic heterocycles. The first kappa shape index (κ1) is 13.6. The Bertz CT molecular complexity index is 743. The van der Waals surface area contributed by atoms with Gasteiger partial charge in [0.2, 0.25) is 10.0 Å². The Kier molecular flexibility index (Phi) is 3.10. The fraction of sp³-hybridized carbons (Fsp3) is 0.500. The third-order valence-corrected chi connectivity index (χ3v) is 6.21. The van der Waals surface area contributed by atoms with Crippen LogP contribution in [-0.2, 0) is 21.8 Å². The van der Waals surface area contributed by atoms with Gasteiger partial charge in [-0.1, -0.05) is 31.4 Å². The summed E-state index contributed by atoms with van der Waals surface area (Å²) >= 11 is 0. The summed E-state index contributed by atoms with van der Waals surface area (Å²) in [6.07, 6.45) is 5.87. The molecule has 5 nitrogen and oxygen atoms in total. The fourth-order valence-electron chi connectivity index (χ4n) is 3.29. The molecule has 2 N–H and O–H groups in total. The maximum atomic E-state index is 12.2. The quantitative estimate of drug-likeness (QED) is 0.920. The lowest BCUT2D eigenvalue weighted by molar-refractivity contribution is 0.380. The number of primary sulfonamides is 1. The average molecular weight is 293 g/mol. The van der Waals surface area contributed by atoms with Gasteiger partial charge < -0.3 is 0 Å². The van der Waals surface area contributed by atoms with Crippen molar-refractivity contribution in [1.82, 2.24) is 9.78 Å². The highest BCUT2D eigenvalue weighted by molar-refractivity contribution is 7.90. The van der Waals surface area contributed by atoms with Gasteiger partial charge in [-0.2, -0.15) is 5.10 Å². The highest BCUT2D eigenvalue weighted by Crippen LogP contribution is 2.43. The third-order valence-electron chi connectivity index (χ3n) is 4.48. The molecule has 3 rings (SSSR count). The molecule has 1 aliphatic rings. The molecule has 1 aromatic carbocycles. The Morgan fingerprint density at radius 2 is 1.95 bits per heavy atom. The minimum atomic E-state index is -3.63. The van der Waals surface area contributed by atoms with Crippen molar-refractivity contribution in [2.75, 3.05) is 0 Å². The molecule has 1 saturated carbocycles. The molecule has 0 bridgehead atoms. The van der Waals surface area contributed by atoms with Crippen LogP contribution in [0.5, 0.6) is 0 Å². The van der Waals surface area contributed by atoms with Crippen molar-refractivity contribution in [2.24, 2.45) is 12.2 Å². The zero-order chi connectivity index (χ0) is 14.4. The predicted molar refractivity (Wildman–Crippen MR) is 78.6 cm³/mol. The summed E-state index contributed by atoms with van der Waals surface area (Å²) in [5.41, 5.74) is 1.74. The average Bonchev–Trinajstić information content (AvgIpc) is 2.80. The van der Waals surface area contributed by atoms with E-state index in [0.29, 0.717) is 12.8 Å². The van der Waals surface area contributed by atoms with Crippen molar-refractivity contribution in [3.05, 3.63) is 30.0 Å². The topological polar surface area (TPSA) is 78.0 Å². The second-order valence-electron chi connectivity index (χ2n) is 5.64. The van der Waals surface area contributed by atoms with Gasteiger partial charge in [-0.05, 0) is 24.5 Å². The van der Waals surface area contributed by atoms with E-state index in [0.717, 1.165) is 35.7 Å². The molecule has 0 radical (unpaired) electrons. The zero-order valence-electron chi connectivity index (χ0n) is 11.5. The van der Waals surface area contributed by atoms with Gasteiger partial charge in [0, 0.05) is 12.4 Å². The normalized spacial score (nSPS) is 19.3. The molecule has 0 atom stereocenters. The van der Waals surface area contributed by atoms with Gasteiger partial charge in [0.15, 0.2) is 0 Å². The number of nitrogens with two attached hydrogens (primary N) is 1. The van der Waals surface area contributed by atoms with E-state index >= 15 is 0 Å². The largest absolute Gasteiger partial charge is 0.268 e. The van der Waals surface area contributed by atoms with Crippen LogP contribution in [0.15, 0.2) is 24.4 Å². The van der Waals surface area contributed by atoms with Crippen LogP contribution < -0.4 is 5.14 Å². The molecule has 1 fully saturated rings. The Balaban J connectivity index is 2.21. The van der Waals surface area contributed by atoms with Crippen molar-refractivity contribution in [3.63, 3.8) is 0 Å². The molecular formula is C14H19N3O2S. The van der Waals surface area contributed by atoms with Gasteiger partial charge in [0.25, 0.3) is 0 Å². The Labute approximate surface area is 118 Å². The lowest BCUT2D eigenvalue weighted by Gasteiger charge is -2.35. The molecule has 0 saturated heterocycles. The van der Waals surface area contributed by atoms with Gasteiger partial charge in [-0.15, -0.1) is 0 Å². The van der Waals surface area contributed by atoms with Gasteiger partial charge in [0.05, 0.1) is 11.7 Å². The molecule has 0 spiro atoms. The van der Waals surface area contributed by atoms with Crippen molar-refractivity contribution >= 4 is 20.9 Å². The molecule has 6 heteroatoms. The summed E-state index contributed by atoms with van der Waals surface area (Å²) in [6.45, 7) is 0. The number of aryl methyl sites for hydroxylation is 1. The number of sulfonamides is 1.